The molecular formula is C22H20N2O6. The van der Waals surface area contributed by atoms with E-state index in [1.807, 2.05) is 49.4 Å². The maximum atomic E-state index is 12.2. The monoisotopic (exact) mass is 408 g/mol. The van der Waals surface area contributed by atoms with Crippen molar-refractivity contribution in [2.75, 3.05) is 13.2 Å². The summed E-state index contributed by atoms with van der Waals surface area (Å²) in [6.07, 6.45) is 0. The Kier molecular flexibility index (Phi) is 6.59. The van der Waals surface area contributed by atoms with Crippen LogP contribution in [0.25, 0.3) is 10.8 Å². The highest BCUT2D eigenvalue weighted by Crippen LogP contribution is 2.26. The molecule has 0 aliphatic rings. The minimum atomic E-state index is -0.805. The minimum Gasteiger partial charge on any atom is -0.475 e. The first kappa shape index (κ1) is 20.8. The van der Waals surface area contributed by atoms with E-state index in [9.17, 15) is 19.7 Å². The van der Waals surface area contributed by atoms with E-state index in [2.05, 4.69) is 5.32 Å². The molecule has 30 heavy (non-hydrogen) atoms. The number of nitrogens with zero attached hydrogens (tertiary/aromatic N) is 1. The van der Waals surface area contributed by atoms with Gasteiger partial charge in [0.15, 0.2) is 19.0 Å². The molecule has 0 fully saturated rings. The molecule has 0 aliphatic carbocycles. The Morgan fingerprint density at radius 2 is 1.70 bits per heavy atom. The van der Waals surface area contributed by atoms with Gasteiger partial charge in [-0.3, -0.25) is 14.9 Å². The second-order valence-electron chi connectivity index (χ2n) is 6.53. The number of nitro groups is 1. The average molecular weight is 408 g/mol. The number of carbonyl (C=O) groups is 2. The Labute approximate surface area is 172 Å². The lowest BCUT2D eigenvalue weighted by atomic mass is 10.00. The summed E-state index contributed by atoms with van der Waals surface area (Å²) in [6, 6.07) is 19.1. The van der Waals surface area contributed by atoms with Crippen LogP contribution in [0.5, 0.6) is 5.75 Å². The van der Waals surface area contributed by atoms with Crippen molar-refractivity contribution in [3.63, 3.8) is 0 Å². The van der Waals surface area contributed by atoms with Gasteiger partial charge in [-0.1, -0.05) is 54.6 Å². The van der Waals surface area contributed by atoms with Gasteiger partial charge in [-0.25, -0.2) is 4.79 Å². The fourth-order valence-electron chi connectivity index (χ4n) is 3.04. The first-order valence-corrected chi connectivity index (χ1v) is 9.24. The summed E-state index contributed by atoms with van der Waals surface area (Å²) in [6.45, 7) is 0.824. The summed E-state index contributed by atoms with van der Waals surface area (Å²) in [5.74, 6) is -1.32. The molecular weight excluding hydrogens is 388 g/mol. The van der Waals surface area contributed by atoms with Gasteiger partial charge in [0, 0.05) is 6.07 Å². The van der Waals surface area contributed by atoms with Crippen LogP contribution in [0.15, 0.2) is 66.7 Å². The molecule has 0 unspecified atom stereocenters. The molecule has 154 valence electrons. The molecule has 0 spiro atoms. The predicted molar refractivity (Wildman–Crippen MR) is 110 cm³/mol. The van der Waals surface area contributed by atoms with Gasteiger partial charge in [0.1, 0.15) is 0 Å². The van der Waals surface area contributed by atoms with Crippen molar-refractivity contribution in [3.8, 4) is 5.75 Å². The largest absolute Gasteiger partial charge is 0.475 e. The van der Waals surface area contributed by atoms with Crippen molar-refractivity contribution >= 4 is 28.3 Å². The molecule has 3 aromatic rings. The van der Waals surface area contributed by atoms with Crippen LogP contribution in [-0.4, -0.2) is 30.0 Å². The Bertz CT molecular complexity index is 1080. The number of hydrogen-bond acceptors (Lipinski definition) is 6. The second kappa shape index (κ2) is 9.51. The van der Waals surface area contributed by atoms with Crippen molar-refractivity contribution in [3.05, 3.63) is 82.4 Å². The zero-order valence-electron chi connectivity index (χ0n) is 16.2. The summed E-state index contributed by atoms with van der Waals surface area (Å²) in [7, 11) is 0. The number of ether oxygens (including phenoxy) is 2. The van der Waals surface area contributed by atoms with Crippen LogP contribution in [-0.2, 0) is 14.3 Å². The molecule has 1 N–H and O–H groups in total. The molecule has 3 rings (SSSR count). The Morgan fingerprint density at radius 3 is 2.50 bits per heavy atom. The zero-order chi connectivity index (χ0) is 21.5. The van der Waals surface area contributed by atoms with E-state index >= 15 is 0 Å². The molecule has 0 radical (unpaired) electrons. The standard InChI is InChI=1S/C22H20N2O6/c1-15(17-10-6-8-16-7-2-3-9-18(16)17)23-21(25)13-30-22(26)14-29-20-12-5-4-11-19(20)24(27)28/h2-12,15H,13-14H2,1H3,(H,23,25)/t15-/m1/s1. The lowest BCUT2D eigenvalue weighted by Crippen LogP contribution is -2.32. The molecule has 0 heterocycles. The lowest BCUT2D eigenvalue weighted by molar-refractivity contribution is -0.385. The van der Waals surface area contributed by atoms with E-state index < -0.39 is 30.0 Å². The first-order chi connectivity index (χ1) is 14.5. The van der Waals surface area contributed by atoms with Crippen molar-refractivity contribution < 1.29 is 24.0 Å². The molecule has 3 aromatic carbocycles. The van der Waals surface area contributed by atoms with Crippen LogP contribution in [0, 0.1) is 10.1 Å². The number of carbonyl (C=O) groups excluding carboxylic acids is 2. The van der Waals surface area contributed by atoms with Crippen LogP contribution in [0.3, 0.4) is 0 Å². The normalized spacial score (nSPS) is 11.5. The van der Waals surface area contributed by atoms with Crippen LogP contribution in [0.2, 0.25) is 0 Å². The van der Waals surface area contributed by atoms with Crippen molar-refractivity contribution in [1.82, 2.24) is 5.32 Å². The fourth-order valence-corrected chi connectivity index (χ4v) is 3.04. The molecule has 0 saturated carbocycles. The highest BCUT2D eigenvalue weighted by Gasteiger charge is 2.17. The Balaban J connectivity index is 1.51. The van der Waals surface area contributed by atoms with E-state index in [4.69, 9.17) is 9.47 Å². The number of nitrogens with one attached hydrogen (secondary N) is 1. The van der Waals surface area contributed by atoms with Crippen LogP contribution in [0.1, 0.15) is 18.5 Å². The molecule has 8 nitrogen and oxygen atoms in total. The summed E-state index contributed by atoms with van der Waals surface area (Å²) in [5.41, 5.74) is 0.694. The van der Waals surface area contributed by atoms with Gasteiger partial charge in [0.25, 0.3) is 5.91 Å². The van der Waals surface area contributed by atoms with E-state index in [0.717, 1.165) is 16.3 Å². The Morgan fingerprint density at radius 1 is 1.00 bits per heavy atom. The highest BCUT2D eigenvalue weighted by molar-refractivity contribution is 5.87. The molecule has 8 heteroatoms. The summed E-state index contributed by atoms with van der Waals surface area (Å²) in [4.78, 5) is 34.3. The van der Waals surface area contributed by atoms with Gasteiger partial charge in [-0.2, -0.15) is 0 Å². The van der Waals surface area contributed by atoms with Gasteiger partial charge >= 0.3 is 11.7 Å². The summed E-state index contributed by atoms with van der Waals surface area (Å²) in [5, 5.41) is 15.8. The quantitative estimate of drug-likeness (QED) is 0.347. The number of esters is 1. The fraction of sp³-hybridized carbons (Fsp3) is 0.182. The number of para-hydroxylation sites is 2. The number of amides is 1. The van der Waals surface area contributed by atoms with Crippen LogP contribution in [0.4, 0.5) is 5.69 Å². The van der Waals surface area contributed by atoms with E-state index in [-0.39, 0.29) is 17.5 Å². The molecule has 0 saturated heterocycles. The number of rotatable bonds is 8. The third-order valence-corrected chi connectivity index (χ3v) is 4.44. The maximum absolute atomic E-state index is 12.2. The summed E-state index contributed by atoms with van der Waals surface area (Å²) >= 11 is 0. The zero-order valence-corrected chi connectivity index (χ0v) is 16.2. The number of hydrogen-bond donors (Lipinski definition) is 1. The Hall–Kier alpha value is -3.94. The maximum Gasteiger partial charge on any atom is 0.344 e. The van der Waals surface area contributed by atoms with Crippen molar-refractivity contribution in [2.24, 2.45) is 0 Å². The lowest BCUT2D eigenvalue weighted by Gasteiger charge is -2.16. The highest BCUT2D eigenvalue weighted by atomic mass is 16.6. The minimum absolute atomic E-state index is 0.0477. The second-order valence-corrected chi connectivity index (χ2v) is 6.53. The topological polar surface area (TPSA) is 108 Å². The van der Waals surface area contributed by atoms with E-state index in [0.29, 0.717) is 0 Å². The average Bonchev–Trinajstić information content (AvgIpc) is 2.75. The molecule has 0 aromatic heterocycles. The number of benzene rings is 3. The van der Waals surface area contributed by atoms with Crippen molar-refractivity contribution in [2.45, 2.75) is 13.0 Å². The molecule has 0 aliphatic heterocycles. The number of fused-ring (bicyclic) bond motifs is 1. The van der Waals surface area contributed by atoms with Crippen molar-refractivity contribution in [1.29, 1.82) is 0 Å². The van der Waals surface area contributed by atoms with E-state index in [1.165, 1.54) is 18.2 Å². The third-order valence-electron chi connectivity index (χ3n) is 4.44. The molecule has 0 bridgehead atoms. The number of nitro benzene ring substituents is 1. The third kappa shape index (κ3) is 5.11. The molecule has 1 atom stereocenters. The van der Waals surface area contributed by atoms with Gasteiger partial charge in [-0.05, 0) is 29.3 Å². The molecule has 1 amide bonds. The summed E-state index contributed by atoms with van der Waals surface area (Å²) < 4.78 is 10.0. The van der Waals surface area contributed by atoms with Gasteiger partial charge in [0.2, 0.25) is 0 Å². The SMILES string of the molecule is C[C@@H](NC(=O)COC(=O)COc1ccccc1[N+](=O)[O-])c1cccc2ccccc12. The van der Waals surface area contributed by atoms with Gasteiger partial charge < -0.3 is 14.8 Å². The van der Waals surface area contributed by atoms with E-state index in [1.54, 1.807) is 6.07 Å². The smallest absolute Gasteiger partial charge is 0.344 e. The van der Waals surface area contributed by atoms with Crippen LogP contribution >= 0.6 is 0 Å². The van der Waals surface area contributed by atoms with Crippen LogP contribution < -0.4 is 10.1 Å². The van der Waals surface area contributed by atoms with Gasteiger partial charge in [-0.15, -0.1) is 0 Å². The predicted octanol–water partition coefficient (Wildman–Crippen LogP) is 3.55. The van der Waals surface area contributed by atoms with Gasteiger partial charge in [0.05, 0.1) is 11.0 Å². The first-order valence-electron chi connectivity index (χ1n) is 9.24.